The first-order valence-electron chi connectivity index (χ1n) is 8.09. The highest BCUT2D eigenvalue weighted by Crippen LogP contribution is 2.24. The third-order valence-corrected chi connectivity index (χ3v) is 4.53. The Kier molecular flexibility index (Phi) is 4.72. The molecule has 1 unspecified atom stereocenters. The zero-order valence-electron chi connectivity index (χ0n) is 13.6. The highest BCUT2D eigenvalue weighted by molar-refractivity contribution is 5.87. The molecule has 3 rings (SSSR count). The molecule has 130 valence electrons. The smallest absolute Gasteiger partial charge is 0.326 e. The van der Waals surface area contributed by atoms with Crippen LogP contribution in [-0.2, 0) is 29.0 Å². The first kappa shape index (κ1) is 17.0. The number of rotatable bonds is 4. The lowest BCUT2D eigenvalue weighted by atomic mass is 9.93. The predicted octanol–water partition coefficient (Wildman–Crippen LogP) is 1.30. The Morgan fingerprint density at radius 1 is 1.12 bits per heavy atom. The number of hydrogen-bond acceptors (Lipinski definition) is 4. The Labute approximate surface area is 145 Å². The van der Waals surface area contributed by atoms with Crippen LogP contribution in [0.4, 0.5) is 0 Å². The lowest BCUT2D eigenvalue weighted by Gasteiger charge is -2.36. The van der Waals surface area contributed by atoms with Crippen molar-refractivity contribution in [3.63, 3.8) is 0 Å². The van der Waals surface area contributed by atoms with Gasteiger partial charge < -0.3 is 20.8 Å². The van der Waals surface area contributed by atoms with E-state index in [1.165, 1.54) is 17.0 Å². The van der Waals surface area contributed by atoms with Gasteiger partial charge in [0.2, 0.25) is 5.91 Å². The number of aliphatic carboxylic acids is 1. The summed E-state index contributed by atoms with van der Waals surface area (Å²) in [4.78, 5) is 25.8. The van der Waals surface area contributed by atoms with Crippen LogP contribution in [-0.4, -0.2) is 39.1 Å². The van der Waals surface area contributed by atoms with E-state index >= 15 is 0 Å². The van der Waals surface area contributed by atoms with E-state index in [4.69, 9.17) is 5.73 Å². The topological polar surface area (TPSA) is 104 Å². The number of aromatic hydroxyl groups is 1. The van der Waals surface area contributed by atoms with E-state index in [-0.39, 0.29) is 31.0 Å². The van der Waals surface area contributed by atoms with Crippen LogP contribution in [0.3, 0.4) is 0 Å². The standard InChI is InChI=1S/C19H20N2O4/c20-16(9-12-5-7-15(22)8-6-12)18(23)21-11-14-4-2-1-3-13(14)10-17(21)19(24)25/h1-8,16-17,22H,9-11,20H2,(H,24,25)/t16?,17-/m0/s1. The Hall–Kier alpha value is -2.86. The zero-order chi connectivity index (χ0) is 18.0. The number of carboxylic acid groups (broad SMARTS) is 1. The third-order valence-electron chi connectivity index (χ3n) is 4.53. The minimum atomic E-state index is -1.03. The average molecular weight is 340 g/mol. The summed E-state index contributed by atoms with van der Waals surface area (Å²) in [5, 5.41) is 18.8. The quantitative estimate of drug-likeness (QED) is 0.778. The van der Waals surface area contributed by atoms with Crippen molar-refractivity contribution < 1.29 is 19.8 Å². The number of nitrogens with zero attached hydrogens (tertiary/aromatic N) is 1. The van der Waals surface area contributed by atoms with E-state index in [1.54, 1.807) is 12.1 Å². The molecule has 0 radical (unpaired) electrons. The molecule has 1 aliphatic rings. The van der Waals surface area contributed by atoms with Crippen LogP contribution >= 0.6 is 0 Å². The van der Waals surface area contributed by atoms with Gasteiger partial charge in [-0.1, -0.05) is 36.4 Å². The van der Waals surface area contributed by atoms with Crippen LogP contribution in [0.2, 0.25) is 0 Å². The summed E-state index contributed by atoms with van der Waals surface area (Å²) in [6.45, 7) is 0.245. The van der Waals surface area contributed by atoms with Gasteiger partial charge >= 0.3 is 5.97 Å². The van der Waals surface area contributed by atoms with Gasteiger partial charge in [-0.05, 0) is 35.2 Å². The Morgan fingerprint density at radius 3 is 2.40 bits per heavy atom. The van der Waals surface area contributed by atoms with Crippen LogP contribution in [0.1, 0.15) is 16.7 Å². The third kappa shape index (κ3) is 3.64. The van der Waals surface area contributed by atoms with Crippen molar-refractivity contribution in [3.8, 4) is 5.75 Å². The molecule has 0 saturated carbocycles. The van der Waals surface area contributed by atoms with Gasteiger partial charge in [0.25, 0.3) is 0 Å². The maximum absolute atomic E-state index is 12.8. The van der Waals surface area contributed by atoms with Crippen molar-refractivity contribution in [1.29, 1.82) is 0 Å². The monoisotopic (exact) mass is 340 g/mol. The van der Waals surface area contributed by atoms with Gasteiger partial charge in [0, 0.05) is 13.0 Å². The minimum absolute atomic E-state index is 0.141. The number of fused-ring (bicyclic) bond motifs is 1. The van der Waals surface area contributed by atoms with E-state index in [1.807, 2.05) is 24.3 Å². The number of phenolic OH excluding ortho intramolecular Hbond substituents is 1. The van der Waals surface area contributed by atoms with E-state index in [0.29, 0.717) is 0 Å². The zero-order valence-corrected chi connectivity index (χ0v) is 13.6. The van der Waals surface area contributed by atoms with Gasteiger partial charge in [0.1, 0.15) is 11.8 Å². The largest absolute Gasteiger partial charge is 0.508 e. The first-order chi connectivity index (χ1) is 12.0. The van der Waals surface area contributed by atoms with Gasteiger partial charge in [0.05, 0.1) is 6.04 Å². The highest BCUT2D eigenvalue weighted by Gasteiger charge is 2.36. The molecular formula is C19H20N2O4. The van der Waals surface area contributed by atoms with Gasteiger partial charge in [0.15, 0.2) is 0 Å². The maximum Gasteiger partial charge on any atom is 0.326 e. The second-order valence-electron chi connectivity index (χ2n) is 6.27. The van der Waals surface area contributed by atoms with Crippen molar-refractivity contribution in [2.24, 2.45) is 5.73 Å². The Balaban J connectivity index is 1.79. The molecule has 4 N–H and O–H groups in total. The maximum atomic E-state index is 12.8. The molecule has 0 fully saturated rings. The molecule has 0 aromatic heterocycles. The van der Waals surface area contributed by atoms with Gasteiger partial charge in [-0.2, -0.15) is 0 Å². The van der Waals surface area contributed by atoms with E-state index in [0.717, 1.165) is 16.7 Å². The first-order valence-corrected chi connectivity index (χ1v) is 8.09. The number of phenols is 1. The van der Waals surface area contributed by atoms with E-state index in [9.17, 15) is 19.8 Å². The molecule has 0 spiro atoms. The summed E-state index contributed by atoms with van der Waals surface area (Å²) >= 11 is 0. The highest BCUT2D eigenvalue weighted by atomic mass is 16.4. The SMILES string of the molecule is NC(Cc1ccc(O)cc1)C(=O)N1Cc2ccccc2C[C@H]1C(=O)O. The molecule has 6 heteroatoms. The lowest BCUT2D eigenvalue weighted by Crippen LogP contribution is -2.54. The molecule has 25 heavy (non-hydrogen) atoms. The summed E-state index contributed by atoms with van der Waals surface area (Å²) < 4.78 is 0. The Bertz CT molecular complexity index is 788. The van der Waals surface area contributed by atoms with Crippen LogP contribution < -0.4 is 5.73 Å². The number of amides is 1. The molecule has 1 aliphatic heterocycles. The fourth-order valence-electron chi connectivity index (χ4n) is 3.16. The van der Waals surface area contributed by atoms with Crippen molar-refractivity contribution in [1.82, 2.24) is 4.90 Å². The van der Waals surface area contributed by atoms with Gasteiger partial charge in [-0.25, -0.2) is 4.79 Å². The molecule has 2 atom stereocenters. The number of benzene rings is 2. The summed E-state index contributed by atoms with van der Waals surface area (Å²) in [7, 11) is 0. The second kappa shape index (κ2) is 6.94. The summed E-state index contributed by atoms with van der Waals surface area (Å²) in [5.41, 5.74) is 8.76. The van der Waals surface area contributed by atoms with Gasteiger partial charge in [-0.3, -0.25) is 4.79 Å². The van der Waals surface area contributed by atoms with Crippen LogP contribution in [0.15, 0.2) is 48.5 Å². The van der Waals surface area contributed by atoms with Crippen molar-refractivity contribution in [2.45, 2.75) is 31.5 Å². The number of carbonyl (C=O) groups is 2. The summed E-state index contributed by atoms with van der Waals surface area (Å²) in [5.74, 6) is -1.27. The number of carboxylic acids is 1. The molecule has 0 aliphatic carbocycles. The molecule has 2 aromatic carbocycles. The van der Waals surface area contributed by atoms with E-state index < -0.39 is 18.1 Å². The number of hydrogen-bond donors (Lipinski definition) is 3. The average Bonchev–Trinajstić information content (AvgIpc) is 2.61. The second-order valence-corrected chi connectivity index (χ2v) is 6.27. The van der Waals surface area contributed by atoms with Gasteiger partial charge in [-0.15, -0.1) is 0 Å². The van der Waals surface area contributed by atoms with Crippen molar-refractivity contribution in [3.05, 3.63) is 65.2 Å². The molecule has 1 heterocycles. The molecule has 0 saturated heterocycles. The molecule has 1 amide bonds. The minimum Gasteiger partial charge on any atom is -0.508 e. The van der Waals surface area contributed by atoms with Crippen molar-refractivity contribution in [2.75, 3.05) is 0 Å². The molecule has 2 aromatic rings. The molecule has 6 nitrogen and oxygen atoms in total. The fourth-order valence-corrected chi connectivity index (χ4v) is 3.16. The van der Waals surface area contributed by atoms with Crippen LogP contribution in [0.5, 0.6) is 5.75 Å². The Morgan fingerprint density at radius 2 is 1.76 bits per heavy atom. The molecule has 0 bridgehead atoms. The molecular weight excluding hydrogens is 320 g/mol. The summed E-state index contributed by atoms with van der Waals surface area (Å²) in [6, 6.07) is 12.2. The van der Waals surface area contributed by atoms with Crippen molar-refractivity contribution >= 4 is 11.9 Å². The number of nitrogens with two attached hydrogens (primary N) is 1. The van der Waals surface area contributed by atoms with Crippen LogP contribution in [0.25, 0.3) is 0 Å². The lowest BCUT2D eigenvalue weighted by molar-refractivity contribution is -0.152. The fraction of sp³-hybridized carbons (Fsp3) is 0.263. The normalized spacial score (nSPS) is 17.6. The summed E-state index contributed by atoms with van der Waals surface area (Å²) in [6.07, 6.45) is 0.562. The number of carbonyl (C=O) groups excluding carboxylic acids is 1. The predicted molar refractivity (Wildman–Crippen MR) is 91.9 cm³/mol. The van der Waals surface area contributed by atoms with Crippen LogP contribution in [0, 0.1) is 0 Å². The van der Waals surface area contributed by atoms with E-state index in [2.05, 4.69) is 0 Å².